The Bertz CT molecular complexity index is 1240. The van der Waals surface area contributed by atoms with Crippen LogP contribution in [0.25, 0.3) is 10.9 Å². The zero-order valence-corrected chi connectivity index (χ0v) is 16.9. The van der Waals surface area contributed by atoms with Crippen LogP contribution in [0.1, 0.15) is 12.5 Å². The second kappa shape index (κ2) is 6.80. The van der Waals surface area contributed by atoms with Crippen LogP contribution in [0.4, 0.5) is 19.3 Å². The molecule has 0 bridgehead atoms. The average molecular weight is 450 g/mol. The van der Waals surface area contributed by atoms with Gasteiger partial charge in [-0.15, -0.1) is 0 Å². The van der Waals surface area contributed by atoms with Gasteiger partial charge in [-0.1, -0.05) is 35.9 Å². The van der Waals surface area contributed by atoms with Crippen molar-refractivity contribution in [2.75, 3.05) is 18.0 Å². The van der Waals surface area contributed by atoms with Crippen LogP contribution in [-0.4, -0.2) is 40.6 Å². The third-order valence-corrected chi connectivity index (χ3v) is 6.49. The van der Waals surface area contributed by atoms with Crippen molar-refractivity contribution in [3.63, 3.8) is 0 Å². The first-order valence-electron chi connectivity index (χ1n) is 9.71. The summed E-state index contributed by atoms with van der Waals surface area (Å²) in [5, 5.41) is 8.68. The van der Waals surface area contributed by atoms with Crippen molar-refractivity contribution in [3.05, 3.63) is 57.6 Å². The molecule has 3 N–H and O–H groups in total. The van der Waals surface area contributed by atoms with Crippen molar-refractivity contribution in [1.29, 1.82) is 0 Å². The molecule has 2 aromatic rings. The SMILES string of the molecule is N[C@]12C=CC=C[C@H]1CN(c1c(F)cc3c(=O)c(OC(=O)O)cn([C@H]4C[C@H]4F)c3c1Cl)C2. The van der Waals surface area contributed by atoms with Crippen molar-refractivity contribution in [1.82, 2.24) is 4.57 Å². The normalized spacial score (nSPS) is 28.8. The predicted molar refractivity (Wildman–Crippen MR) is 111 cm³/mol. The van der Waals surface area contributed by atoms with Crippen LogP contribution in [0.3, 0.4) is 0 Å². The summed E-state index contributed by atoms with van der Waals surface area (Å²) in [6.07, 6.45) is 5.95. The number of nitrogens with zero attached hydrogens (tertiary/aromatic N) is 2. The zero-order valence-electron chi connectivity index (χ0n) is 16.1. The second-order valence-electron chi connectivity index (χ2n) is 8.18. The largest absolute Gasteiger partial charge is 0.511 e. The smallest absolute Gasteiger partial charge is 0.449 e. The van der Waals surface area contributed by atoms with Gasteiger partial charge < -0.3 is 25.0 Å². The van der Waals surface area contributed by atoms with Gasteiger partial charge in [0.2, 0.25) is 5.43 Å². The molecule has 162 valence electrons. The molecule has 1 aromatic heterocycles. The molecule has 2 heterocycles. The van der Waals surface area contributed by atoms with Gasteiger partial charge in [-0.3, -0.25) is 4.79 Å². The second-order valence-corrected chi connectivity index (χ2v) is 8.56. The summed E-state index contributed by atoms with van der Waals surface area (Å²) in [5.74, 6) is -1.34. The van der Waals surface area contributed by atoms with E-state index >= 15 is 4.39 Å². The summed E-state index contributed by atoms with van der Waals surface area (Å²) >= 11 is 6.63. The van der Waals surface area contributed by atoms with Gasteiger partial charge in [-0.05, 0) is 6.07 Å². The molecule has 0 radical (unpaired) electrons. The Hall–Kier alpha value is -2.91. The molecule has 3 aliphatic rings. The number of halogens is 3. The number of fused-ring (bicyclic) bond motifs is 2. The van der Waals surface area contributed by atoms with E-state index < -0.39 is 40.9 Å². The van der Waals surface area contributed by atoms with Crippen LogP contribution >= 0.6 is 11.6 Å². The lowest BCUT2D eigenvalue weighted by Crippen LogP contribution is -2.46. The van der Waals surface area contributed by atoms with Gasteiger partial charge in [-0.2, -0.15) is 0 Å². The number of anilines is 1. The number of nitrogens with two attached hydrogens (primary N) is 1. The molecule has 1 aromatic carbocycles. The fraction of sp³-hybridized carbons (Fsp3) is 0.333. The van der Waals surface area contributed by atoms with Crippen molar-refractivity contribution in [3.8, 4) is 5.75 Å². The lowest BCUT2D eigenvalue weighted by molar-refractivity contribution is 0.143. The summed E-state index contributed by atoms with van der Waals surface area (Å²) in [7, 11) is 0. The fourth-order valence-corrected chi connectivity index (χ4v) is 4.91. The van der Waals surface area contributed by atoms with Crippen LogP contribution < -0.4 is 20.8 Å². The summed E-state index contributed by atoms with van der Waals surface area (Å²) in [4.78, 5) is 25.4. The molecule has 5 rings (SSSR count). The maximum Gasteiger partial charge on any atom is 0.511 e. The molecule has 1 saturated carbocycles. The Labute approximate surface area is 179 Å². The first-order chi connectivity index (χ1) is 14.7. The van der Waals surface area contributed by atoms with E-state index in [-0.39, 0.29) is 34.0 Å². The first-order valence-corrected chi connectivity index (χ1v) is 10.1. The van der Waals surface area contributed by atoms with Crippen LogP contribution in [0, 0.1) is 11.7 Å². The maximum atomic E-state index is 15.3. The molecule has 10 heteroatoms. The quantitative estimate of drug-likeness (QED) is 0.697. The topological polar surface area (TPSA) is 97.8 Å². The number of rotatable bonds is 3. The Morgan fingerprint density at radius 3 is 2.77 bits per heavy atom. The predicted octanol–water partition coefficient (Wildman–Crippen LogP) is 3.39. The highest BCUT2D eigenvalue weighted by atomic mass is 35.5. The Morgan fingerprint density at radius 1 is 1.39 bits per heavy atom. The molecular formula is C21H18ClF2N3O4. The van der Waals surface area contributed by atoms with Gasteiger partial charge in [0, 0.05) is 25.4 Å². The molecule has 31 heavy (non-hydrogen) atoms. The van der Waals surface area contributed by atoms with E-state index in [1.165, 1.54) is 4.57 Å². The van der Waals surface area contributed by atoms with Crippen molar-refractivity contribution in [2.45, 2.75) is 24.2 Å². The molecule has 0 spiro atoms. The van der Waals surface area contributed by atoms with Crippen LogP contribution in [0.2, 0.25) is 5.02 Å². The average Bonchev–Trinajstić information content (AvgIpc) is 3.31. The molecule has 7 nitrogen and oxygen atoms in total. The number of hydrogen-bond acceptors (Lipinski definition) is 5. The molecule has 2 aliphatic carbocycles. The lowest BCUT2D eigenvalue weighted by Gasteiger charge is -2.27. The Balaban J connectivity index is 1.70. The fourth-order valence-electron chi connectivity index (χ4n) is 4.50. The molecular weight excluding hydrogens is 432 g/mol. The van der Waals surface area contributed by atoms with Gasteiger partial charge in [0.05, 0.1) is 39.4 Å². The molecule has 2 fully saturated rings. The molecule has 4 atom stereocenters. The van der Waals surface area contributed by atoms with E-state index in [1.54, 1.807) is 4.90 Å². The lowest BCUT2D eigenvalue weighted by atomic mass is 9.85. The third kappa shape index (κ3) is 3.11. The minimum atomic E-state index is -1.70. The molecule has 0 unspecified atom stereocenters. The number of hydrogen-bond donors (Lipinski definition) is 2. The Morgan fingerprint density at radius 2 is 2.13 bits per heavy atom. The number of allylic oxidation sites excluding steroid dienone is 2. The number of ether oxygens (including phenoxy) is 1. The van der Waals surface area contributed by atoms with Gasteiger partial charge in [0.15, 0.2) is 5.75 Å². The number of carbonyl (C=O) groups is 1. The summed E-state index contributed by atoms with van der Waals surface area (Å²) in [6.45, 7) is 0.722. The van der Waals surface area contributed by atoms with Gasteiger partial charge in [-0.25, -0.2) is 13.6 Å². The van der Waals surface area contributed by atoms with Gasteiger partial charge in [0.1, 0.15) is 12.0 Å². The van der Waals surface area contributed by atoms with E-state index in [2.05, 4.69) is 4.74 Å². The minimum absolute atomic E-state index is 0.0455. The van der Waals surface area contributed by atoms with Crippen molar-refractivity contribution in [2.24, 2.45) is 11.7 Å². The first kappa shape index (κ1) is 20.0. The van der Waals surface area contributed by atoms with Crippen molar-refractivity contribution >= 4 is 34.3 Å². The summed E-state index contributed by atoms with van der Waals surface area (Å²) in [6, 6.07) is 0.347. The summed E-state index contributed by atoms with van der Waals surface area (Å²) < 4.78 is 35.1. The highest BCUT2D eigenvalue weighted by Gasteiger charge is 2.44. The number of carboxylic acid groups (broad SMARTS) is 1. The van der Waals surface area contributed by atoms with Gasteiger partial charge in [0.25, 0.3) is 0 Å². The molecule has 1 saturated heterocycles. The van der Waals surface area contributed by atoms with E-state index in [1.807, 2.05) is 24.3 Å². The highest BCUT2D eigenvalue weighted by molar-refractivity contribution is 6.38. The summed E-state index contributed by atoms with van der Waals surface area (Å²) in [5.41, 5.74) is 5.17. The van der Waals surface area contributed by atoms with Crippen LogP contribution in [-0.2, 0) is 0 Å². The van der Waals surface area contributed by atoms with E-state index in [0.29, 0.717) is 13.1 Å². The van der Waals surface area contributed by atoms with E-state index in [0.717, 1.165) is 12.3 Å². The number of benzene rings is 1. The Kier molecular flexibility index (Phi) is 4.39. The standard InChI is InChI=1S/C21H18ClF2N3O4/c22-16-17-11(19(28)15(31-20(29)30)8-27(17)14-6-12(14)23)5-13(24)18(16)26-7-10-3-1-2-4-21(10,25)9-26/h1-5,8,10,12,14H,6-7,9,25H2,(H,29,30)/t10-,12+,14-,21-/m0/s1. The monoisotopic (exact) mass is 449 g/mol. The minimum Gasteiger partial charge on any atom is -0.449 e. The number of alkyl halides is 1. The third-order valence-electron chi connectivity index (χ3n) is 6.14. The molecule has 0 amide bonds. The zero-order chi connectivity index (χ0) is 22.1. The van der Waals surface area contributed by atoms with Crippen LogP contribution in [0.15, 0.2) is 41.4 Å². The van der Waals surface area contributed by atoms with Crippen molar-refractivity contribution < 1.29 is 23.4 Å². The maximum absolute atomic E-state index is 15.3. The van der Waals surface area contributed by atoms with E-state index in [9.17, 15) is 14.0 Å². The molecule has 1 aliphatic heterocycles. The number of aromatic nitrogens is 1. The van der Waals surface area contributed by atoms with Crippen LogP contribution in [0.5, 0.6) is 5.75 Å². The van der Waals surface area contributed by atoms with E-state index in [4.69, 9.17) is 22.4 Å². The number of pyridine rings is 1. The van der Waals surface area contributed by atoms with Gasteiger partial charge >= 0.3 is 6.16 Å². The highest BCUT2D eigenvalue weighted by Crippen LogP contribution is 2.46.